The number of nitrogens with one attached hydrogen (secondary N) is 3. The molecule has 0 bridgehead atoms. The van der Waals surface area contributed by atoms with Crippen molar-refractivity contribution in [3.05, 3.63) is 120 Å². The van der Waals surface area contributed by atoms with E-state index in [-0.39, 0.29) is 4.91 Å². The first-order valence-corrected chi connectivity index (χ1v) is 18.9. The zero-order chi connectivity index (χ0) is 36.7. The minimum atomic E-state index is -3.81. The lowest BCUT2D eigenvalue weighted by Gasteiger charge is -2.43. The van der Waals surface area contributed by atoms with Crippen LogP contribution in [-0.2, 0) is 20.3 Å². The molecule has 2 aromatic heterocycles. The number of allylic oxidation sites excluding steroid dienone is 3. The average Bonchev–Trinajstić information content (AvgIpc) is 3.42. The van der Waals surface area contributed by atoms with E-state index in [2.05, 4.69) is 50.8 Å². The molecule has 1 aliphatic heterocycles. The fourth-order valence-corrected chi connectivity index (χ4v) is 8.06. The molecule has 3 aromatic carbocycles. The Balaban J connectivity index is 1.39. The van der Waals surface area contributed by atoms with Crippen LogP contribution in [0.5, 0.6) is 0 Å². The number of aromatic nitrogens is 3. The maximum Gasteiger partial charge on any atom is 0.408 e. The number of hydrogen-bond donors (Lipinski definition) is 3. The van der Waals surface area contributed by atoms with Gasteiger partial charge in [0.1, 0.15) is 11.4 Å². The third-order valence-electron chi connectivity index (χ3n) is 9.37. The zero-order valence-corrected chi connectivity index (χ0v) is 30.5. The molecule has 5 aromatic rings. The van der Waals surface area contributed by atoms with Gasteiger partial charge in [0.05, 0.1) is 33.2 Å². The first kappa shape index (κ1) is 34.8. The smallest absolute Gasteiger partial charge is 0.408 e. The van der Waals surface area contributed by atoms with E-state index < -0.39 is 27.3 Å². The second-order valence-electron chi connectivity index (χ2n) is 14.1. The van der Waals surface area contributed by atoms with Crippen LogP contribution in [0, 0.1) is 0 Å². The van der Waals surface area contributed by atoms with E-state index in [4.69, 9.17) is 14.7 Å². The lowest BCUT2D eigenvalue weighted by Crippen LogP contribution is -2.52. The van der Waals surface area contributed by atoms with Gasteiger partial charge in [-0.3, -0.25) is 9.29 Å². The summed E-state index contributed by atoms with van der Waals surface area (Å²) in [6.45, 7) is 11.0. The fraction of sp³-hybridized carbons (Fsp3) is 0.244. The van der Waals surface area contributed by atoms with Crippen molar-refractivity contribution in [2.45, 2.75) is 64.5 Å². The maximum atomic E-state index is 13.3. The van der Waals surface area contributed by atoms with E-state index in [9.17, 15) is 13.2 Å². The van der Waals surface area contributed by atoms with Gasteiger partial charge in [-0.1, -0.05) is 68.1 Å². The number of ether oxygens (including phenoxy) is 1. The second kappa shape index (κ2) is 13.5. The third kappa shape index (κ3) is 6.59. The highest BCUT2D eigenvalue weighted by atomic mass is 32.2. The minimum Gasteiger partial charge on any atom is -0.444 e. The fourth-order valence-electron chi connectivity index (χ4n) is 6.83. The number of nitrogens with zero attached hydrogens (tertiary/aromatic N) is 3. The van der Waals surface area contributed by atoms with E-state index in [0.29, 0.717) is 29.4 Å². The van der Waals surface area contributed by atoms with Crippen molar-refractivity contribution in [3.63, 3.8) is 0 Å². The number of rotatable bonds is 9. The quantitative estimate of drug-likeness (QED) is 0.127. The lowest BCUT2D eigenvalue weighted by molar-refractivity contribution is 0.0377. The molecule has 1 saturated carbocycles. The van der Waals surface area contributed by atoms with Crippen LogP contribution < -0.4 is 15.4 Å². The molecule has 7 rings (SSSR count). The van der Waals surface area contributed by atoms with Crippen molar-refractivity contribution in [2.75, 3.05) is 10.0 Å². The summed E-state index contributed by atoms with van der Waals surface area (Å²) in [5, 5.41) is 6.66. The van der Waals surface area contributed by atoms with Gasteiger partial charge in [-0.05, 0) is 94.5 Å². The summed E-state index contributed by atoms with van der Waals surface area (Å²) in [4.78, 5) is 23.2. The Kier molecular flexibility index (Phi) is 9.00. The highest BCUT2D eigenvalue weighted by molar-refractivity contribution is 7.96. The number of imidazole rings is 1. The Morgan fingerprint density at radius 2 is 1.79 bits per heavy atom. The van der Waals surface area contributed by atoms with Crippen molar-refractivity contribution in [2.24, 2.45) is 0 Å². The molecule has 10 nitrogen and oxygen atoms in total. The summed E-state index contributed by atoms with van der Waals surface area (Å²) in [6, 6.07) is 27.4. The van der Waals surface area contributed by atoms with Crippen LogP contribution in [0.4, 0.5) is 22.0 Å². The van der Waals surface area contributed by atoms with Crippen molar-refractivity contribution in [1.29, 1.82) is 0 Å². The van der Waals surface area contributed by atoms with E-state index in [1.165, 1.54) is 12.2 Å². The van der Waals surface area contributed by atoms with E-state index >= 15 is 0 Å². The standard InChI is InChI=1S/C41H42N6O4S/c1-6-13-31(7-2)52(49,50)46-30-15-10-14-28(26-30)35-36(27-19-21-29(22-20-27)41(23-12-24-41)45-39(48)51-40(3,4)5)47-34-18-11-25-42-37(34)43-33-17-9-8-16-32(33)38(47)44-35/h6,8-11,13-22,25-26,46H,1,7,12,23-24H2,2-5H3,(H,42,43)(H,45,48). The van der Waals surface area contributed by atoms with Gasteiger partial charge in [-0.15, -0.1) is 0 Å². The molecule has 3 N–H and O–H groups in total. The summed E-state index contributed by atoms with van der Waals surface area (Å²) >= 11 is 0. The zero-order valence-electron chi connectivity index (χ0n) is 29.7. The van der Waals surface area contributed by atoms with Crippen LogP contribution >= 0.6 is 0 Å². The van der Waals surface area contributed by atoms with Crippen molar-refractivity contribution in [1.82, 2.24) is 19.9 Å². The van der Waals surface area contributed by atoms with Crippen molar-refractivity contribution < 1.29 is 17.9 Å². The first-order chi connectivity index (χ1) is 24.9. The molecule has 2 aliphatic rings. The number of fused-ring (bicyclic) bond motifs is 5. The highest BCUT2D eigenvalue weighted by Gasteiger charge is 2.41. The summed E-state index contributed by atoms with van der Waals surface area (Å²) < 4.78 is 37.1. The number of sulfonamides is 1. The van der Waals surface area contributed by atoms with Gasteiger partial charge in [0.2, 0.25) is 0 Å². The molecule has 1 amide bonds. The highest BCUT2D eigenvalue weighted by Crippen LogP contribution is 2.46. The molecule has 11 heteroatoms. The van der Waals surface area contributed by atoms with Gasteiger partial charge in [-0.25, -0.2) is 23.2 Å². The van der Waals surface area contributed by atoms with Crippen LogP contribution in [0.3, 0.4) is 0 Å². The number of amides is 1. The number of pyridine rings is 1. The SMILES string of the molecule is C=CC=C(CC)S(=O)(=O)Nc1cccc(-c2nc3n(c2-c2ccc(C4(NC(=O)OC(C)(C)C)CCC4)cc2)-c2cccnc2Nc2ccccc2-3)c1. The Morgan fingerprint density at radius 1 is 1.02 bits per heavy atom. The Hall–Kier alpha value is -5.68. The molecule has 1 fully saturated rings. The van der Waals surface area contributed by atoms with E-state index in [1.54, 1.807) is 25.3 Å². The number of carbonyl (C=O) groups is 1. The van der Waals surface area contributed by atoms with Crippen LogP contribution in [-0.4, -0.2) is 34.6 Å². The van der Waals surface area contributed by atoms with Crippen LogP contribution in [0.1, 0.15) is 58.9 Å². The van der Waals surface area contributed by atoms with Crippen LogP contribution in [0.2, 0.25) is 0 Å². The Labute approximate surface area is 304 Å². The maximum absolute atomic E-state index is 13.3. The number of alkyl carbamates (subject to hydrolysis) is 1. The number of benzene rings is 3. The van der Waals surface area contributed by atoms with Gasteiger partial charge in [0, 0.05) is 28.6 Å². The topological polar surface area (TPSA) is 127 Å². The summed E-state index contributed by atoms with van der Waals surface area (Å²) in [5.41, 5.74) is 5.93. The molecule has 0 unspecified atom stereocenters. The molecule has 3 heterocycles. The van der Waals surface area contributed by atoms with Gasteiger partial charge in [0.15, 0.2) is 5.82 Å². The predicted molar refractivity (Wildman–Crippen MR) is 207 cm³/mol. The molecular formula is C41H42N6O4S. The minimum absolute atomic E-state index is 0.237. The van der Waals surface area contributed by atoms with Crippen molar-refractivity contribution >= 4 is 33.3 Å². The average molecular weight is 715 g/mol. The summed E-state index contributed by atoms with van der Waals surface area (Å²) in [5.74, 6) is 1.38. The number of hydrogen-bond acceptors (Lipinski definition) is 7. The molecular weight excluding hydrogens is 673 g/mol. The second-order valence-corrected chi connectivity index (χ2v) is 15.8. The Bertz CT molecular complexity index is 2320. The summed E-state index contributed by atoms with van der Waals surface area (Å²) in [7, 11) is -3.81. The largest absolute Gasteiger partial charge is 0.444 e. The monoisotopic (exact) mass is 714 g/mol. The molecule has 52 heavy (non-hydrogen) atoms. The predicted octanol–water partition coefficient (Wildman–Crippen LogP) is 9.45. The van der Waals surface area contributed by atoms with Gasteiger partial charge < -0.3 is 15.4 Å². The molecule has 0 radical (unpaired) electrons. The van der Waals surface area contributed by atoms with Gasteiger partial charge >= 0.3 is 6.09 Å². The number of carbonyl (C=O) groups excluding carboxylic acids is 1. The third-order valence-corrected chi connectivity index (χ3v) is 11.0. The Morgan fingerprint density at radius 3 is 2.48 bits per heavy atom. The van der Waals surface area contributed by atoms with E-state index in [1.807, 2.05) is 69.3 Å². The molecule has 1 aliphatic carbocycles. The molecule has 266 valence electrons. The molecule has 0 saturated heterocycles. The normalized spacial score (nSPS) is 14.7. The lowest BCUT2D eigenvalue weighted by atomic mass is 9.71. The van der Waals surface area contributed by atoms with Crippen molar-refractivity contribution in [3.8, 4) is 39.6 Å². The van der Waals surface area contributed by atoms with Gasteiger partial charge in [-0.2, -0.15) is 0 Å². The first-order valence-electron chi connectivity index (χ1n) is 17.4. The molecule has 0 spiro atoms. The van der Waals surface area contributed by atoms with E-state index in [0.717, 1.165) is 58.6 Å². The van der Waals surface area contributed by atoms with Crippen LogP contribution in [0.15, 0.2) is 115 Å². The molecule has 0 atom stereocenters. The summed E-state index contributed by atoms with van der Waals surface area (Å²) in [6.07, 6.45) is 7.24. The number of anilines is 3. The van der Waals surface area contributed by atoms with Gasteiger partial charge in [0.25, 0.3) is 10.0 Å². The number of para-hydroxylation sites is 1. The van der Waals surface area contributed by atoms with Crippen LogP contribution in [0.25, 0.3) is 39.6 Å².